The van der Waals surface area contributed by atoms with Crippen LogP contribution in [0.1, 0.15) is 41.7 Å². The molecule has 0 radical (unpaired) electrons. The van der Waals surface area contributed by atoms with Gasteiger partial charge in [0.05, 0.1) is 29.0 Å². The van der Waals surface area contributed by atoms with Crippen LogP contribution < -0.4 is 9.91 Å². The van der Waals surface area contributed by atoms with Crippen molar-refractivity contribution in [2.75, 3.05) is 23.0 Å². The Balaban J connectivity index is 0.000000214. The number of hydrazone groups is 1. The second-order valence-electron chi connectivity index (χ2n) is 13.8. The molecular formula is C51H52N6. The number of hydrogen-bond donors (Lipinski definition) is 0. The molecule has 0 heterocycles. The molecule has 7 rings (SSSR count). The summed E-state index contributed by atoms with van der Waals surface area (Å²) in [4.78, 5) is 4.81. The molecule has 6 heteroatoms. The molecule has 0 aromatic heterocycles. The molecule has 0 aliphatic carbocycles. The minimum Gasteiger partial charge on any atom is -0.372 e. The molecule has 0 amide bonds. The van der Waals surface area contributed by atoms with E-state index in [1.807, 2.05) is 102 Å². The topological polar surface area (TPSA) is 46.8 Å². The van der Waals surface area contributed by atoms with Crippen LogP contribution in [0.15, 0.2) is 209 Å². The molecule has 0 aliphatic heterocycles. The molecule has 0 atom stereocenters. The maximum atomic E-state index is 4.76. The zero-order valence-corrected chi connectivity index (χ0v) is 33.3. The minimum atomic E-state index is 0.803. The summed E-state index contributed by atoms with van der Waals surface area (Å²) in [5, 5.41) is 15.6. The number of azo groups is 1. The van der Waals surface area contributed by atoms with E-state index in [2.05, 4.69) is 144 Å². The van der Waals surface area contributed by atoms with E-state index in [1.54, 1.807) is 0 Å². The molecule has 7 aromatic carbocycles. The van der Waals surface area contributed by atoms with Crippen molar-refractivity contribution in [3.63, 3.8) is 0 Å². The fourth-order valence-electron chi connectivity index (χ4n) is 6.51. The third-order valence-corrected chi connectivity index (χ3v) is 9.55. The summed E-state index contributed by atoms with van der Waals surface area (Å²) in [7, 11) is 0. The Hall–Kier alpha value is -6.63. The van der Waals surface area contributed by atoms with Crippen molar-refractivity contribution in [2.24, 2.45) is 15.3 Å². The fourth-order valence-corrected chi connectivity index (χ4v) is 6.51. The van der Waals surface area contributed by atoms with Gasteiger partial charge in [-0.05, 0) is 103 Å². The van der Waals surface area contributed by atoms with Crippen LogP contribution in [0.3, 0.4) is 0 Å². The van der Waals surface area contributed by atoms with E-state index >= 15 is 0 Å². The molecular weight excluding hydrogens is 697 g/mol. The standard InChI is InChI=1S/C30H31N5.C21H21N/c1-4-34(5-2)29-20-21-30(24(3)22-29)33-32-26-18-16-25(17-19-26)23-31-35(27-12-8-6-9-13-27)28-14-10-7-11-15-28;1-4-10-19(11-5-1)16-22(17-20-12-6-2-7-13-20)18-21-14-8-3-9-15-21/h6-23H,4-5H2,1-3H3;1-15H,16-18H2. The van der Waals surface area contributed by atoms with Gasteiger partial charge in [-0.1, -0.05) is 140 Å². The number of aryl methyl sites for hydroxylation is 1. The molecule has 0 saturated carbocycles. The zero-order chi connectivity index (χ0) is 39.5. The predicted octanol–water partition coefficient (Wildman–Crippen LogP) is 13.3. The Labute approximate surface area is 339 Å². The Kier molecular flexibility index (Phi) is 15.1. The maximum Gasteiger partial charge on any atom is 0.0887 e. The van der Waals surface area contributed by atoms with E-state index in [-0.39, 0.29) is 0 Å². The summed E-state index contributed by atoms with van der Waals surface area (Å²) >= 11 is 0. The van der Waals surface area contributed by atoms with Crippen molar-refractivity contribution in [2.45, 2.75) is 40.4 Å². The van der Waals surface area contributed by atoms with E-state index in [1.165, 1.54) is 22.4 Å². The van der Waals surface area contributed by atoms with Gasteiger partial charge in [0.15, 0.2) is 0 Å². The van der Waals surface area contributed by atoms with Crippen molar-refractivity contribution in [3.8, 4) is 0 Å². The first-order valence-corrected chi connectivity index (χ1v) is 19.7. The first-order valence-electron chi connectivity index (χ1n) is 19.7. The summed E-state index contributed by atoms with van der Waals surface area (Å²) in [5.41, 5.74) is 11.1. The van der Waals surface area contributed by atoms with Crippen LogP contribution in [0.25, 0.3) is 0 Å². The lowest BCUT2D eigenvalue weighted by Crippen LogP contribution is -2.22. The summed E-state index contributed by atoms with van der Waals surface area (Å²) < 4.78 is 0. The summed E-state index contributed by atoms with van der Waals surface area (Å²) in [5.74, 6) is 0. The van der Waals surface area contributed by atoms with Crippen molar-refractivity contribution in [1.29, 1.82) is 0 Å². The molecule has 0 aliphatic rings. The average Bonchev–Trinajstić information content (AvgIpc) is 3.26. The Bertz CT molecular complexity index is 2100. The van der Waals surface area contributed by atoms with Crippen molar-refractivity contribution >= 4 is 34.7 Å². The van der Waals surface area contributed by atoms with Crippen LogP contribution in [0.5, 0.6) is 0 Å². The van der Waals surface area contributed by atoms with Gasteiger partial charge in [0.25, 0.3) is 0 Å². The molecule has 286 valence electrons. The van der Waals surface area contributed by atoms with Crippen LogP contribution in [0, 0.1) is 6.92 Å². The third kappa shape index (κ3) is 12.4. The van der Waals surface area contributed by atoms with Gasteiger partial charge < -0.3 is 4.90 Å². The molecule has 7 aromatic rings. The van der Waals surface area contributed by atoms with Gasteiger partial charge in [0, 0.05) is 38.4 Å². The Morgan fingerprint density at radius 3 is 1.32 bits per heavy atom. The van der Waals surface area contributed by atoms with Gasteiger partial charge in [-0.25, -0.2) is 5.01 Å². The van der Waals surface area contributed by atoms with E-state index in [9.17, 15) is 0 Å². The van der Waals surface area contributed by atoms with Gasteiger partial charge in [0.1, 0.15) is 0 Å². The highest BCUT2D eigenvalue weighted by molar-refractivity contribution is 5.82. The van der Waals surface area contributed by atoms with Crippen molar-refractivity contribution in [3.05, 3.63) is 222 Å². The number of anilines is 3. The first kappa shape index (κ1) is 40.0. The highest BCUT2D eigenvalue weighted by Crippen LogP contribution is 2.28. The molecule has 0 spiro atoms. The van der Waals surface area contributed by atoms with Crippen LogP contribution in [-0.4, -0.2) is 24.2 Å². The summed E-state index contributed by atoms with van der Waals surface area (Å²) in [6.07, 6.45) is 1.86. The normalized spacial score (nSPS) is 11.1. The molecule has 57 heavy (non-hydrogen) atoms. The lowest BCUT2D eigenvalue weighted by molar-refractivity contribution is 0.247. The van der Waals surface area contributed by atoms with Gasteiger partial charge in [-0.2, -0.15) is 15.3 Å². The number of para-hydroxylation sites is 2. The molecule has 0 fully saturated rings. The zero-order valence-electron chi connectivity index (χ0n) is 33.3. The number of rotatable bonds is 15. The summed E-state index contributed by atoms with van der Waals surface area (Å²) in [6.45, 7) is 11.3. The Morgan fingerprint density at radius 1 is 0.456 bits per heavy atom. The molecule has 0 saturated heterocycles. The second-order valence-corrected chi connectivity index (χ2v) is 13.8. The molecule has 6 nitrogen and oxygen atoms in total. The number of benzene rings is 7. The van der Waals surface area contributed by atoms with Gasteiger partial charge in [-0.15, -0.1) is 0 Å². The monoisotopic (exact) mass is 748 g/mol. The van der Waals surface area contributed by atoms with Crippen molar-refractivity contribution < 1.29 is 0 Å². The van der Waals surface area contributed by atoms with E-state index in [0.717, 1.165) is 66.6 Å². The summed E-state index contributed by atoms with van der Waals surface area (Å²) in [6, 6.07) is 66.5. The first-order chi connectivity index (χ1) is 28.1. The predicted molar refractivity (Wildman–Crippen MR) is 240 cm³/mol. The van der Waals surface area contributed by atoms with Crippen LogP contribution >= 0.6 is 0 Å². The Morgan fingerprint density at radius 2 is 0.895 bits per heavy atom. The lowest BCUT2D eigenvalue weighted by atomic mass is 10.1. The van der Waals surface area contributed by atoms with Gasteiger partial charge >= 0.3 is 0 Å². The number of nitrogens with zero attached hydrogens (tertiary/aromatic N) is 6. The van der Waals surface area contributed by atoms with E-state index in [0.29, 0.717) is 0 Å². The van der Waals surface area contributed by atoms with E-state index < -0.39 is 0 Å². The molecule has 0 unspecified atom stereocenters. The SMILES string of the molecule is CCN(CC)c1ccc(N=Nc2ccc(C=NN(c3ccccc3)c3ccccc3)cc2)c(C)c1.c1ccc(CN(Cc2ccccc2)Cc2ccccc2)cc1. The highest BCUT2D eigenvalue weighted by Gasteiger charge is 2.09. The fraction of sp³-hybridized carbons (Fsp3) is 0.157. The van der Waals surface area contributed by atoms with E-state index in [4.69, 9.17) is 5.10 Å². The van der Waals surface area contributed by atoms with Gasteiger partial charge in [0.2, 0.25) is 0 Å². The largest absolute Gasteiger partial charge is 0.372 e. The smallest absolute Gasteiger partial charge is 0.0887 e. The highest BCUT2D eigenvalue weighted by atomic mass is 15.5. The molecule has 0 N–H and O–H groups in total. The number of hydrogen-bond acceptors (Lipinski definition) is 6. The molecule has 0 bridgehead atoms. The maximum absolute atomic E-state index is 4.76. The van der Waals surface area contributed by atoms with Crippen LogP contribution in [0.2, 0.25) is 0 Å². The minimum absolute atomic E-state index is 0.803. The van der Waals surface area contributed by atoms with Crippen LogP contribution in [-0.2, 0) is 19.6 Å². The lowest BCUT2D eigenvalue weighted by Gasteiger charge is -2.23. The third-order valence-electron chi connectivity index (χ3n) is 9.55. The van der Waals surface area contributed by atoms with Gasteiger partial charge in [-0.3, -0.25) is 4.90 Å². The van der Waals surface area contributed by atoms with Crippen molar-refractivity contribution in [1.82, 2.24) is 4.90 Å². The quantitative estimate of drug-likeness (QED) is 0.0596. The average molecular weight is 749 g/mol. The van der Waals surface area contributed by atoms with Crippen LogP contribution in [0.4, 0.5) is 28.4 Å². The second kappa shape index (κ2) is 21.5.